The number of carbonyl (C=O) groups is 1. The van der Waals surface area contributed by atoms with Crippen LogP contribution in [0.25, 0.3) is 0 Å². The molecular weight excluding hydrogens is 348 g/mol. The molecule has 24 heavy (non-hydrogen) atoms. The first-order valence-electron chi connectivity index (χ1n) is 7.12. The number of esters is 1. The molecule has 0 N–H and O–H groups in total. The summed E-state index contributed by atoms with van der Waals surface area (Å²) in [4.78, 5) is 11.6. The molecule has 0 aromatic heterocycles. The molecule has 1 aliphatic heterocycles. The molecule has 1 radical (unpaired) electrons. The summed E-state index contributed by atoms with van der Waals surface area (Å²) in [6.45, 7) is 0. The van der Waals surface area contributed by atoms with E-state index >= 15 is 0 Å². The summed E-state index contributed by atoms with van der Waals surface area (Å²) in [5, 5.41) is 0. The molecule has 0 fully saturated rings. The molecule has 2 aromatic carbocycles. The predicted octanol–water partition coefficient (Wildman–Crippen LogP) is 4.69. The molecular formula is C19H15FeO4. The first-order chi connectivity index (χ1) is 11.3. The molecule has 4 nitrogen and oxygen atoms in total. The summed E-state index contributed by atoms with van der Waals surface area (Å²) >= 11 is 0. The first kappa shape index (κ1) is 17.9. The third-order valence-corrected chi connectivity index (χ3v) is 3.22. The van der Waals surface area contributed by atoms with Crippen LogP contribution in [-0.4, -0.2) is 13.1 Å². The van der Waals surface area contributed by atoms with Crippen LogP contribution in [0.4, 0.5) is 0 Å². The first-order valence-corrected chi connectivity index (χ1v) is 7.12. The monoisotopic (exact) mass is 363 g/mol. The Morgan fingerprint density at radius 2 is 1.46 bits per heavy atom. The third kappa shape index (κ3) is 3.88. The number of carbonyl (C=O) groups excluding carboxylic acids is 1. The Kier molecular flexibility index (Phi) is 6.24. The van der Waals surface area contributed by atoms with Crippen LogP contribution in [0.3, 0.4) is 0 Å². The predicted molar refractivity (Wildman–Crippen MR) is 87.0 cm³/mol. The number of ether oxygens (including phenoxy) is 3. The van der Waals surface area contributed by atoms with Gasteiger partial charge >= 0.3 is 5.97 Å². The van der Waals surface area contributed by atoms with Crippen LogP contribution < -0.4 is 9.47 Å². The van der Waals surface area contributed by atoms with Crippen molar-refractivity contribution in [2.75, 3.05) is 7.11 Å². The van der Waals surface area contributed by atoms with Gasteiger partial charge in [-0.15, -0.1) is 0 Å². The quantitative estimate of drug-likeness (QED) is 0.465. The van der Waals surface area contributed by atoms with Crippen molar-refractivity contribution in [1.82, 2.24) is 0 Å². The second-order valence-electron chi connectivity index (χ2n) is 4.74. The summed E-state index contributed by atoms with van der Waals surface area (Å²) in [6, 6.07) is 12.4. The molecule has 0 unspecified atom stereocenters. The fourth-order valence-corrected chi connectivity index (χ4v) is 2.14. The maximum absolute atomic E-state index is 11.6. The fourth-order valence-electron chi connectivity index (χ4n) is 2.14. The molecule has 1 heterocycles. The van der Waals surface area contributed by atoms with Crippen molar-refractivity contribution >= 4 is 5.97 Å². The molecule has 0 saturated carbocycles. The molecule has 5 heteroatoms. The summed E-state index contributed by atoms with van der Waals surface area (Å²) in [5.41, 5.74) is 0.351. The summed E-state index contributed by atoms with van der Waals surface area (Å²) in [5.74, 6) is 1.67. The van der Waals surface area contributed by atoms with Crippen molar-refractivity contribution in [3.05, 3.63) is 78.8 Å². The number of allylic oxidation sites excluding steroid dienone is 4. The molecule has 0 bridgehead atoms. The van der Waals surface area contributed by atoms with Crippen molar-refractivity contribution in [3.63, 3.8) is 0 Å². The van der Waals surface area contributed by atoms with E-state index in [1.807, 2.05) is 48.9 Å². The van der Waals surface area contributed by atoms with E-state index in [2.05, 4.69) is 0 Å². The smallest absolute Gasteiger partial charge is 0.341 e. The van der Waals surface area contributed by atoms with E-state index in [0.717, 1.165) is 0 Å². The van der Waals surface area contributed by atoms with E-state index in [1.54, 1.807) is 24.3 Å². The Balaban J connectivity index is 0.000000300. The number of fused-ring (bicyclic) bond motifs is 2. The minimum absolute atomic E-state index is 0. The Bertz CT molecular complexity index is 771. The zero-order valence-corrected chi connectivity index (χ0v) is 14.0. The molecule has 2 aliphatic rings. The van der Waals surface area contributed by atoms with Gasteiger partial charge in [-0.05, 0) is 24.3 Å². The Morgan fingerprint density at radius 1 is 0.833 bits per heavy atom. The average molecular weight is 363 g/mol. The van der Waals surface area contributed by atoms with Crippen LogP contribution in [0.2, 0.25) is 0 Å². The molecule has 2 aromatic rings. The normalized spacial score (nSPS) is 12.4. The summed E-state index contributed by atoms with van der Waals surface area (Å²) in [7, 11) is 1.33. The number of benzene rings is 2. The Hall–Kier alpha value is -2.49. The molecule has 4 rings (SSSR count). The standard InChI is InChI=1S/C14H10O4.C5H5.Fe/c1-16-14(15)9-5-4-8-12-13(9)18-11-7-3-2-6-10(11)17-12;1-2-4-5-3-1;/h2-8H,1H3;1-5H;. The zero-order valence-electron chi connectivity index (χ0n) is 12.9. The summed E-state index contributed by atoms with van der Waals surface area (Å²) in [6.07, 6.45) is 10.0. The SMILES string of the molecule is COC(=O)c1cccc2c1Oc1ccccc1O2.[CH]1C=CC=C1.[Fe]. The fraction of sp³-hybridized carbons (Fsp3) is 0.0526. The molecule has 1 aliphatic carbocycles. The van der Waals surface area contributed by atoms with Gasteiger partial charge in [0, 0.05) is 23.5 Å². The van der Waals surface area contributed by atoms with Crippen LogP contribution in [0.1, 0.15) is 10.4 Å². The average Bonchev–Trinajstić information content (AvgIpc) is 3.18. The number of hydrogen-bond acceptors (Lipinski definition) is 4. The van der Waals surface area contributed by atoms with Gasteiger partial charge in [0.2, 0.25) is 0 Å². The number of methoxy groups -OCH3 is 1. The van der Waals surface area contributed by atoms with E-state index in [0.29, 0.717) is 28.6 Å². The minimum atomic E-state index is -0.449. The topological polar surface area (TPSA) is 44.8 Å². The van der Waals surface area contributed by atoms with E-state index in [9.17, 15) is 4.79 Å². The molecule has 0 amide bonds. The van der Waals surface area contributed by atoms with Gasteiger partial charge in [-0.25, -0.2) is 4.79 Å². The van der Waals surface area contributed by atoms with Gasteiger partial charge in [0.05, 0.1) is 7.11 Å². The van der Waals surface area contributed by atoms with Gasteiger partial charge in [0.15, 0.2) is 23.0 Å². The van der Waals surface area contributed by atoms with Crippen LogP contribution in [0.15, 0.2) is 66.8 Å². The molecule has 0 saturated heterocycles. The molecule has 0 atom stereocenters. The van der Waals surface area contributed by atoms with Gasteiger partial charge in [0.1, 0.15) is 5.56 Å². The largest absolute Gasteiger partial charge is 0.465 e. The second-order valence-corrected chi connectivity index (χ2v) is 4.74. The molecule has 123 valence electrons. The van der Waals surface area contributed by atoms with Gasteiger partial charge in [-0.1, -0.05) is 42.5 Å². The number of para-hydroxylation sites is 3. The van der Waals surface area contributed by atoms with Crippen LogP contribution in [-0.2, 0) is 21.8 Å². The van der Waals surface area contributed by atoms with Gasteiger partial charge in [-0.2, -0.15) is 0 Å². The second kappa shape index (κ2) is 8.39. The number of rotatable bonds is 1. The van der Waals surface area contributed by atoms with E-state index in [4.69, 9.17) is 14.2 Å². The van der Waals surface area contributed by atoms with Crippen molar-refractivity contribution in [2.45, 2.75) is 0 Å². The van der Waals surface area contributed by atoms with Crippen molar-refractivity contribution in [2.24, 2.45) is 0 Å². The third-order valence-electron chi connectivity index (χ3n) is 3.22. The maximum Gasteiger partial charge on any atom is 0.341 e. The van der Waals surface area contributed by atoms with Crippen LogP contribution in [0.5, 0.6) is 23.0 Å². The number of hydrogen-bond donors (Lipinski definition) is 0. The maximum atomic E-state index is 11.6. The van der Waals surface area contributed by atoms with Crippen molar-refractivity contribution < 1.29 is 36.1 Å². The zero-order chi connectivity index (χ0) is 16.1. The summed E-state index contributed by atoms with van der Waals surface area (Å²) < 4.78 is 16.1. The molecule has 0 spiro atoms. The minimum Gasteiger partial charge on any atom is -0.465 e. The van der Waals surface area contributed by atoms with E-state index < -0.39 is 5.97 Å². The van der Waals surface area contributed by atoms with Gasteiger partial charge in [0.25, 0.3) is 0 Å². The van der Waals surface area contributed by atoms with E-state index in [1.165, 1.54) is 7.11 Å². The van der Waals surface area contributed by atoms with E-state index in [-0.39, 0.29) is 17.1 Å². The van der Waals surface area contributed by atoms with Crippen LogP contribution >= 0.6 is 0 Å². The van der Waals surface area contributed by atoms with Gasteiger partial charge < -0.3 is 14.2 Å². The Labute approximate surface area is 151 Å². The Morgan fingerprint density at radius 3 is 2.04 bits per heavy atom. The van der Waals surface area contributed by atoms with Crippen molar-refractivity contribution in [3.8, 4) is 23.0 Å². The van der Waals surface area contributed by atoms with Crippen molar-refractivity contribution in [1.29, 1.82) is 0 Å². The van der Waals surface area contributed by atoms with Crippen LogP contribution in [0, 0.1) is 6.42 Å². The van der Waals surface area contributed by atoms with Gasteiger partial charge in [-0.3, -0.25) is 0 Å².